The number of halogens is 1. The van der Waals surface area contributed by atoms with Gasteiger partial charge in [0.2, 0.25) is 11.8 Å². The number of benzene rings is 1. The molecule has 0 saturated heterocycles. The molecule has 0 aliphatic rings. The summed E-state index contributed by atoms with van der Waals surface area (Å²) < 4.78 is 13.3. The van der Waals surface area contributed by atoms with Gasteiger partial charge >= 0.3 is 0 Å². The number of hydrogen-bond donors (Lipinski definition) is 2. The Balaban J connectivity index is 2.28. The average molecular weight is 280 g/mol. The first-order chi connectivity index (χ1) is 9.30. The molecule has 0 aromatic heterocycles. The molecule has 0 saturated carbocycles. The van der Waals surface area contributed by atoms with Gasteiger partial charge in [0, 0.05) is 18.4 Å². The Kier molecular flexibility index (Phi) is 5.67. The monoisotopic (exact) mass is 280 g/mol. The van der Waals surface area contributed by atoms with Crippen LogP contribution >= 0.6 is 0 Å². The van der Waals surface area contributed by atoms with E-state index in [-0.39, 0.29) is 23.9 Å². The smallest absolute Gasteiger partial charge is 0.225 e. The highest BCUT2D eigenvalue weighted by atomic mass is 19.1. The molecule has 20 heavy (non-hydrogen) atoms. The lowest BCUT2D eigenvalue weighted by Crippen LogP contribution is -2.35. The van der Waals surface area contributed by atoms with E-state index >= 15 is 0 Å². The summed E-state index contributed by atoms with van der Waals surface area (Å²) in [6, 6.07) is 6.02. The summed E-state index contributed by atoms with van der Waals surface area (Å²) >= 11 is 0. The molecule has 110 valence electrons. The summed E-state index contributed by atoms with van der Waals surface area (Å²) in [7, 11) is 0. The molecule has 1 rings (SSSR count). The number of carbonyl (C=O) groups is 2. The van der Waals surface area contributed by atoms with Gasteiger partial charge in [-0.1, -0.05) is 32.9 Å². The van der Waals surface area contributed by atoms with Gasteiger partial charge in [-0.25, -0.2) is 4.39 Å². The molecule has 4 nitrogen and oxygen atoms in total. The van der Waals surface area contributed by atoms with Crippen LogP contribution in [0.1, 0.15) is 33.6 Å². The van der Waals surface area contributed by atoms with Crippen LogP contribution in [-0.2, 0) is 9.59 Å². The van der Waals surface area contributed by atoms with Gasteiger partial charge in [-0.05, 0) is 18.6 Å². The molecule has 0 atom stereocenters. The van der Waals surface area contributed by atoms with Crippen LogP contribution in [0.15, 0.2) is 24.3 Å². The van der Waals surface area contributed by atoms with Crippen molar-refractivity contribution >= 4 is 17.5 Å². The molecule has 0 fully saturated rings. The molecule has 0 heterocycles. The summed E-state index contributed by atoms with van der Waals surface area (Å²) in [6.07, 6.45) is 0.751. The second kappa shape index (κ2) is 7.03. The number of carbonyl (C=O) groups excluding carboxylic acids is 2. The highest BCUT2D eigenvalue weighted by Gasteiger charge is 2.20. The SMILES string of the molecule is CC(C)(C)C(=O)NCCCC(=O)Nc1ccccc1F. The minimum Gasteiger partial charge on any atom is -0.356 e. The molecule has 0 bridgehead atoms. The lowest BCUT2D eigenvalue weighted by atomic mass is 9.96. The van der Waals surface area contributed by atoms with Gasteiger partial charge in [-0.3, -0.25) is 9.59 Å². The van der Waals surface area contributed by atoms with E-state index in [1.54, 1.807) is 12.1 Å². The van der Waals surface area contributed by atoms with Crippen LogP contribution in [0.3, 0.4) is 0 Å². The van der Waals surface area contributed by atoms with Crippen molar-refractivity contribution in [3.63, 3.8) is 0 Å². The van der Waals surface area contributed by atoms with E-state index in [0.717, 1.165) is 0 Å². The number of amides is 2. The van der Waals surface area contributed by atoms with Gasteiger partial charge in [0.25, 0.3) is 0 Å². The van der Waals surface area contributed by atoms with E-state index in [0.29, 0.717) is 13.0 Å². The third-order valence-corrected chi connectivity index (χ3v) is 2.70. The van der Waals surface area contributed by atoms with E-state index in [2.05, 4.69) is 10.6 Å². The molecule has 5 heteroatoms. The summed E-state index contributed by atoms with van der Waals surface area (Å²) in [5.74, 6) is -0.769. The zero-order valence-electron chi connectivity index (χ0n) is 12.1. The van der Waals surface area contributed by atoms with Crippen molar-refractivity contribution in [3.8, 4) is 0 Å². The van der Waals surface area contributed by atoms with Crippen molar-refractivity contribution in [2.24, 2.45) is 5.41 Å². The number of nitrogens with one attached hydrogen (secondary N) is 2. The largest absolute Gasteiger partial charge is 0.356 e. The maximum Gasteiger partial charge on any atom is 0.225 e. The number of anilines is 1. The first-order valence-corrected chi connectivity index (χ1v) is 6.63. The van der Waals surface area contributed by atoms with Crippen LogP contribution in [0, 0.1) is 11.2 Å². The van der Waals surface area contributed by atoms with Crippen LogP contribution in [0.5, 0.6) is 0 Å². The number of rotatable bonds is 5. The minimum atomic E-state index is -0.457. The second-order valence-electron chi connectivity index (χ2n) is 5.64. The van der Waals surface area contributed by atoms with Crippen LogP contribution in [0.4, 0.5) is 10.1 Å². The predicted molar refractivity (Wildman–Crippen MR) is 76.7 cm³/mol. The molecule has 2 N–H and O–H groups in total. The van der Waals surface area contributed by atoms with Gasteiger partial charge in [-0.2, -0.15) is 0 Å². The third-order valence-electron chi connectivity index (χ3n) is 2.70. The summed E-state index contributed by atoms with van der Waals surface area (Å²) in [6.45, 7) is 5.91. The van der Waals surface area contributed by atoms with E-state index in [1.807, 2.05) is 20.8 Å². The van der Waals surface area contributed by atoms with Gasteiger partial charge < -0.3 is 10.6 Å². The molecular weight excluding hydrogens is 259 g/mol. The maximum atomic E-state index is 13.3. The van der Waals surface area contributed by atoms with Gasteiger partial charge in [0.05, 0.1) is 5.69 Å². The van der Waals surface area contributed by atoms with Crippen LogP contribution < -0.4 is 10.6 Å². The highest BCUT2D eigenvalue weighted by Crippen LogP contribution is 2.13. The standard InChI is InChI=1S/C15H21FN2O2/c1-15(2,3)14(20)17-10-6-9-13(19)18-12-8-5-4-7-11(12)16/h4-5,7-8H,6,9-10H2,1-3H3,(H,17,20)(H,18,19). The molecule has 2 amide bonds. The first kappa shape index (κ1) is 16.1. The molecule has 1 aromatic rings. The quantitative estimate of drug-likeness (QED) is 0.815. The van der Waals surface area contributed by atoms with Crippen LogP contribution in [0.25, 0.3) is 0 Å². The molecule has 1 aromatic carbocycles. The van der Waals surface area contributed by atoms with Crippen molar-refractivity contribution in [3.05, 3.63) is 30.1 Å². The summed E-state index contributed by atoms with van der Waals surface area (Å²) in [5.41, 5.74) is -0.258. The van der Waals surface area contributed by atoms with E-state index in [9.17, 15) is 14.0 Å². The Morgan fingerprint density at radius 1 is 1.20 bits per heavy atom. The Labute approximate surface area is 118 Å². The predicted octanol–water partition coefficient (Wildman–Crippen LogP) is 2.71. The normalized spacial score (nSPS) is 11.0. The van der Waals surface area contributed by atoms with E-state index in [1.165, 1.54) is 12.1 Å². The third kappa shape index (κ3) is 5.38. The fourth-order valence-electron chi connectivity index (χ4n) is 1.49. The zero-order chi connectivity index (χ0) is 15.2. The van der Waals surface area contributed by atoms with Crippen molar-refractivity contribution in [2.75, 3.05) is 11.9 Å². The highest BCUT2D eigenvalue weighted by molar-refractivity contribution is 5.90. The molecule has 0 unspecified atom stereocenters. The molecule has 0 aliphatic heterocycles. The van der Waals surface area contributed by atoms with E-state index < -0.39 is 11.2 Å². The van der Waals surface area contributed by atoms with Crippen molar-refractivity contribution in [2.45, 2.75) is 33.6 Å². The fraction of sp³-hybridized carbons (Fsp3) is 0.467. The van der Waals surface area contributed by atoms with Crippen LogP contribution in [0.2, 0.25) is 0 Å². The second-order valence-corrected chi connectivity index (χ2v) is 5.64. The van der Waals surface area contributed by atoms with Crippen molar-refractivity contribution < 1.29 is 14.0 Å². The Hall–Kier alpha value is -1.91. The number of hydrogen-bond acceptors (Lipinski definition) is 2. The van der Waals surface area contributed by atoms with Gasteiger partial charge in [-0.15, -0.1) is 0 Å². The topological polar surface area (TPSA) is 58.2 Å². The molecule has 0 spiro atoms. The van der Waals surface area contributed by atoms with Crippen LogP contribution in [-0.4, -0.2) is 18.4 Å². The molecular formula is C15H21FN2O2. The number of para-hydroxylation sites is 1. The lowest BCUT2D eigenvalue weighted by Gasteiger charge is -2.17. The van der Waals surface area contributed by atoms with Crippen molar-refractivity contribution in [1.29, 1.82) is 0 Å². The maximum absolute atomic E-state index is 13.3. The summed E-state index contributed by atoms with van der Waals surface area (Å²) in [4.78, 5) is 23.2. The van der Waals surface area contributed by atoms with Crippen molar-refractivity contribution in [1.82, 2.24) is 5.32 Å². The average Bonchev–Trinajstić information content (AvgIpc) is 2.36. The lowest BCUT2D eigenvalue weighted by molar-refractivity contribution is -0.128. The Morgan fingerprint density at radius 3 is 2.45 bits per heavy atom. The summed E-state index contributed by atoms with van der Waals surface area (Å²) in [5, 5.41) is 5.26. The Bertz CT molecular complexity index is 481. The fourth-order valence-corrected chi connectivity index (χ4v) is 1.49. The van der Waals surface area contributed by atoms with Gasteiger partial charge in [0.1, 0.15) is 5.82 Å². The van der Waals surface area contributed by atoms with Gasteiger partial charge in [0.15, 0.2) is 0 Å². The first-order valence-electron chi connectivity index (χ1n) is 6.63. The molecule has 0 radical (unpaired) electrons. The minimum absolute atomic E-state index is 0.0491. The van der Waals surface area contributed by atoms with E-state index in [4.69, 9.17) is 0 Å². The molecule has 0 aliphatic carbocycles. The Morgan fingerprint density at radius 2 is 1.85 bits per heavy atom. The zero-order valence-corrected chi connectivity index (χ0v) is 12.1.